The van der Waals surface area contributed by atoms with Gasteiger partial charge in [-0.05, 0) is 37.3 Å². The summed E-state index contributed by atoms with van der Waals surface area (Å²) in [6.45, 7) is 1.61. The smallest absolute Gasteiger partial charge is 0.259 e. The summed E-state index contributed by atoms with van der Waals surface area (Å²) in [5.41, 5.74) is 3.87. The Morgan fingerprint density at radius 1 is 1.21 bits per heavy atom. The van der Waals surface area contributed by atoms with E-state index in [0.717, 1.165) is 5.56 Å². The van der Waals surface area contributed by atoms with Crippen LogP contribution in [0, 0.1) is 6.92 Å². The van der Waals surface area contributed by atoms with Gasteiger partial charge in [-0.2, -0.15) is 5.10 Å². The zero-order chi connectivity index (χ0) is 20.1. The minimum absolute atomic E-state index is 0.152. The fourth-order valence-corrected chi connectivity index (χ4v) is 2.64. The van der Waals surface area contributed by atoms with E-state index in [-0.39, 0.29) is 23.4 Å². The normalized spacial score (nSPS) is 10.9. The molecule has 0 saturated carbocycles. The number of rotatable bonds is 5. The zero-order valence-electron chi connectivity index (χ0n) is 14.9. The van der Waals surface area contributed by atoms with Crippen LogP contribution in [0.1, 0.15) is 21.5 Å². The van der Waals surface area contributed by atoms with Gasteiger partial charge in [0.2, 0.25) is 5.43 Å². The summed E-state index contributed by atoms with van der Waals surface area (Å²) in [4.78, 5) is 36.2. The highest BCUT2D eigenvalue weighted by Gasteiger charge is 2.08. The first-order chi connectivity index (χ1) is 13.4. The fraction of sp³-hybridized carbons (Fsp3) is 0.100. The van der Waals surface area contributed by atoms with Gasteiger partial charge in [-0.3, -0.25) is 14.4 Å². The molecule has 1 aromatic heterocycles. The van der Waals surface area contributed by atoms with Crippen LogP contribution in [-0.2, 0) is 4.79 Å². The van der Waals surface area contributed by atoms with Crippen molar-refractivity contribution in [1.29, 1.82) is 0 Å². The first-order valence-electron chi connectivity index (χ1n) is 8.32. The molecule has 2 amide bonds. The molecular formula is C20H16ClN3O4. The van der Waals surface area contributed by atoms with Crippen LogP contribution in [0.25, 0.3) is 11.0 Å². The van der Waals surface area contributed by atoms with E-state index in [1.165, 1.54) is 18.5 Å². The molecule has 0 unspecified atom stereocenters. The Labute approximate surface area is 165 Å². The monoisotopic (exact) mass is 397 g/mol. The van der Waals surface area contributed by atoms with Gasteiger partial charge in [0.15, 0.2) is 0 Å². The number of hydrogen-bond donors (Lipinski definition) is 2. The van der Waals surface area contributed by atoms with Crippen molar-refractivity contribution in [3.05, 3.63) is 80.7 Å². The molecule has 3 aromatic rings. The van der Waals surface area contributed by atoms with E-state index < -0.39 is 5.91 Å². The lowest BCUT2D eigenvalue weighted by Crippen LogP contribution is -2.35. The van der Waals surface area contributed by atoms with Crippen molar-refractivity contribution in [2.75, 3.05) is 6.54 Å². The second kappa shape index (κ2) is 8.49. The molecule has 7 nitrogen and oxygen atoms in total. The molecule has 0 atom stereocenters. The number of benzene rings is 2. The van der Waals surface area contributed by atoms with Crippen LogP contribution in [0.2, 0.25) is 5.02 Å². The SMILES string of the molecule is Cc1cccc(C(=O)NCC(=O)N/N=C/c2coc3ccc(Cl)cc3c2=O)c1. The van der Waals surface area contributed by atoms with Crippen LogP contribution in [0.3, 0.4) is 0 Å². The summed E-state index contributed by atoms with van der Waals surface area (Å²) in [6.07, 6.45) is 2.42. The second-order valence-corrected chi connectivity index (χ2v) is 6.44. The third kappa shape index (κ3) is 4.63. The topological polar surface area (TPSA) is 101 Å². The maximum Gasteiger partial charge on any atom is 0.259 e. The molecule has 142 valence electrons. The van der Waals surface area contributed by atoms with Gasteiger partial charge >= 0.3 is 0 Å². The van der Waals surface area contributed by atoms with Crippen molar-refractivity contribution in [3.63, 3.8) is 0 Å². The third-order valence-corrected chi connectivity index (χ3v) is 4.08. The van der Waals surface area contributed by atoms with Crippen LogP contribution in [-0.4, -0.2) is 24.6 Å². The van der Waals surface area contributed by atoms with E-state index in [4.69, 9.17) is 16.0 Å². The molecule has 2 aromatic carbocycles. The van der Waals surface area contributed by atoms with E-state index in [1.807, 2.05) is 13.0 Å². The molecule has 0 saturated heterocycles. The van der Waals surface area contributed by atoms with Crippen molar-refractivity contribution in [3.8, 4) is 0 Å². The average molecular weight is 398 g/mol. The second-order valence-electron chi connectivity index (χ2n) is 6.01. The number of carbonyl (C=O) groups is 2. The molecular weight excluding hydrogens is 382 g/mol. The van der Waals surface area contributed by atoms with Gasteiger partial charge in [-0.15, -0.1) is 0 Å². The molecule has 0 aliphatic rings. The summed E-state index contributed by atoms with van der Waals surface area (Å²) in [5, 5.41) is 6.95. The van der Waals surface area contributed by atoms with Crippen LogP contribution in [0.5, 0.6) is 0 Å². The first-order valence-corrected chi connectivity index (χ1v) is 8.69. The first kappa shape index (κ1) is 19.3. The number of hydrazone groups is 1. The Balaban J connectivity index is 1.59. The third-order valence-electron chi connectivity index (χ3n) is 3.84. The Kier molecular flexibility index (Phi) is 5.86. The number of aryl methyl sites for hydroxylation is 1. The van der Waals surface area contributed by atoms with Crippen LogP contribution >= 0.6 is 11.6 Å². The highest BCUT2D eigenvalue weighted by atomic mass is 35.5. The molecule has 2 N–H and O–H groups in total. The Bertz CT molecular complexity index is 1140. The molecule has 0 bridgehead atoms. The summed E-state index contributed by atoms with van der Waals surface area (Å²) in [5.74, 6) is -0.902. The Morgan fingerprint density at radius 2 is 2.04 bits per heavy atom. The number of nitrogens with zero attached hydrogens (tertiary/aromatic N) is 1. The standard InChI is InChI=1S/C20H16ClN3O4/c1-12-3-2-4-13(7-12)20(27)22-10-18(25)24-23-9-14-11-28-17-6-5-15(21)8-16(17)19(14)26/h2-9,11H,10H2,1H3,(H,22,27)(H,24,25)/b23-9+. The number of nitrogens with one attached hydrogen (secondary N) is 2. The zero-order valence-corrected chi connectivity index (χ0v) is 15.6. The largest absolute Gasteiger partial charge is 0.463 e. The Hall–Kier alpha value is -3.45. The van der Waals surface area contributed by atoms with Crippen molar-refractivity contribution >= 4 is 40.6 Å². The number of fused-ring (bicyclic) bond motifs is 1. The van der Waals surface area contributed by atoms with Gasteiger partial charge in [-0.25, -0.2) is 5.43 Å². The predicted octanol–water partition coefficient (Wildman–Crippen LogP) is 2.63. The lowest BCUT2D eigenvalue weighted by Gasteiger charge is -2.05. The predicted molar refractivity (Wildman–Crippen MR) is 107 cm³/mol. The molecule has 3 rings (SSSR count). The summed E-state index contributed by atoms with van der Waals surface area (Å²) in [7, 11) is 0. The van der Waals surface area contributed by atoms with Gasteiger partial charge in [0.1, 0.15) is 11.8 Å². The maximum absolute atomic E-state index is 12.4. The lowest BCUT2D eigenvalue weighted by molar-refractivity contribution is -0.120. The summed E-state index contributed by atoms with van der Waals surface area (Å²) in [6, 6.07) is 11.7. The molecule has 0 radical (unpaired) electrons. The fourth-order valence-electron chi connectivity index (χ4n) is 2.47. The molecule has 0 aliphatic heterocycles. The van der Waals surface area contributed by atoms with E-state index in [2.05, 4.69) is 15.8 Å². The minimum atomic E-state index is -0.537. The van der Waals surface area contributed by atoms with Crippen LogP contribution < -0.4 is 16.2 Å². The van der Waals surface area contributed by atoms with Gasteiger partial charge in [0, 0.05) is 10.6 Å². The number of halogens is 1. The van der Waals surface area contributed by atoms with Crippen LogP contribution in [0.15, 0.2) is 63.0 Å². The van der Waals surface area contributed by atoms with E-state index >= 15 is 0 Å². The lowest BCUT2D eigenvalue weighted by atomic mass is 10.1. The molecule has 8 heteroatoms. The number of amides is 2. The van der Waals surface area contributed by atoms with Gasteiger partial charge in [0.25, 0.3) is 11.8 Å². The van der Waals surface area contributed by atoms with Crippen molar-refractivity contribution in [2.45, 2.75) is 6.92 Å². The summed E-state index contributed by atoms with van der Waals surface area (Å²) >= 11 is 5.90. The van der Waals surface area contributed by atoms with Gasteiger partial charge < -0.3 is 9.73 Å². The minimum Gasteiger partial charge on any atom is -0.463 e. The van der Waals surface area contributed by atoms with E-state index in [1.54, 1.807) is 30.3 Å². The Morgan fingerprint density at radius 3 is 2.82 bits per heavy atom. The van der Waals surface area contributed by atoms with Gasteiger partial charge in [0.05, 0.1) is 23.7 Å². The quantitative estimate of drug-likeness (QED) is 0.510. The molecule has 0 fully saturated rings. The number of carbonyl (C=O) groups excluding carboxylic acids is 2. The molecule has 0 aliphatic carbocycles. The molecule has 28 heavy (non-hydrogen) atoms. The average Bonchev–Trinajstić information content (AvgIpc) is 2.68. The maximum atomic E-state index is 12.4. The number of hydrogen-bond acceptors (Lipinski definition) is 5. The van der Waals surface area contributed by atoms with Crippen LogP contribution in [0.4, 0.5) is 0 Å². The van der Waals surface area contributed by atoms with Gasteiger partial charge in [-0.1, -0.05) is 29.3 Å². The summed E-state index contributed by atoms with van der Waals surface area (Å²) < 4.78 is 5.35. The van der Waals surface area contributed by atoms with E-state index in [9.17, 15) is 14.4 Å². The highest BCUT2D eigenvalue weighted by molar-refractivity contribution is 6.31. The van der Waals surface area contributed by atoms with Crippen molar-refractivity contribution in [1.82, 2.24) is 10.7 Å². The van der Waals surface area contributed by atoms with Crippen molar-refractivity contribution in [2.24, 2.45) is 5.10 Å². The van der Waals surface area contributed by atoms with E-state index in [0.29, 0.717) is 21.6 Å². The molecule has 1 heterocycles. The van der Waals surface area contributed by atoms with Crippen molar-refractivity contribution < 1.29 is 14.0 Å². The highest BCUT2D eigenvalue weighted by Crippen LogP contribution is 2.16. The molecule has 0 spiro atoms.